The van der Waals surface area contributed by atoms with Crippen molar-refractivity contribution < 1.29 is 26.8 Å². The summed E-state index contributed by atoms with van der Waals surface area (Å²) in [5, 5.41) is 2.90. The van der Waals surface area contributed by atoms with Gasteiger partial charge >= 0.3 is 0 Å². The lowest BCUT2D eigenvalue weighted by Gasteiger charge is -2.33. The molecular formula is C26H35F2N3O4S. The van der Waals surface area contributed by atoms with Crippen molar-refractivity contribution >= 4 is 27.5 Å². The summed E-state index contributed by atoms with van der Waals surface area (Å²) in [5.74, 6) is -1.78. The van der Waals surface area contributed by atoms with Crippen molar-refractivity contribution in [1.82, 2.24) is 10.2 Å². The van der Waals surface area contributed by atoms with Gasteiger partial charge in [0.05, 0.1) is 11.9 Å². The maximum Gasteiger partial charge on any atom is 0.243 e. The minimum absolute atomic E-state index is 0.0685. The van der Waals surface area contributed by atoms with E-state index in [1.54, 1.807) is 19.1 Å². The number of hydrogen-bond acceptors (Lipinski definition) is 4. The topological polar surface area (TPSA) is 86.8 Å². The van der Waals surface area contributed by atoms with Gasteiger partial charge in [-0.15, -0.1) is 0 Å². The number of amides is 2. The predicted molar refractivity (Wildman–Crippen MR) is 137 cm³/mol. The molecule has 0 radical (unpaired) electrons. The lowest BCUT2D eigenvalue weighted by atomic mass is 10.0. The highest BCUT2D eigenvalue weighted by Crippen LogP contribution is 2.22. The molecule has 0 heterocycles. The average molecular weight is 524 g/mol. The molecule has 0 aliphatic heterocycles. The molecule has 0 aromatic heterocycles. The summed E-state index contributed by atoms with van der Waals surface area (Å²) in [5.41, 5.74) is 0.0488. The highest BCUT2D eigenvalue weighted by atomic mass is 32.2. The van der Waals surface area contributed by atoms with Crippen LogP contribution in [0.4, 0.5) is 14.5 Å². The number of nitrogens with one attached hydrogen (secondary N) is 1. The SMILES string of the molecule is CC[C@H](C(=O)NC(C)(C)C)N(Cc1ccc(F)cc1)C(=O)CCCN(c1ccccc1F)S(C)(=O)=O. The van der Waals surface area contributed by atoms with Gasteiger partial charge in [0.25, 0.3) is 0 Å². The van der Waals surface area contributed by atoms with E-state index in [9.17, 15) is 26.8 Å². The Morgan fingerprint density at radius 1 is 1.03 bits per heavy atom. The second-order valence-corrected chi connectivity index (χ2v) is 11.6. The van der Waals surface area contributed by atoms with Gasteiger partial charge in [0.15, 0.2) is 0 Å². The van der Waals surface area contributed by atoms with Crippen molar-refractivity contribution in [2.45, 2.75) is 65.1 Å². The summed E-state index contributed by atoms with van der Waals surface area (Å²) in [6, 6.07) is 10.4. The van der Waals surface area contributed by atoms with Crippen molar-refractivity contribution in [3.8, 4) is 0 Å². The highest BCUT2D eigenvalue weighted by Gasteiger charge is 2.31. The zero-order valence-electron chi connectivity index (χ0n) is 21.4. The van der Waals surface area contributed by atoms with E-state index in [1.165, 1.54) is 41.3 Å². The molecule has 7 nitrogen and oxygen atoms in total. The monoisotopic (exact) mass is 523 g/mol. The van der Waals surface area contributed by atoms with Crippen LogP contribution in [0.5, 0.6) is 0 Å². The van der Waals surface area contributed by atoms with Crippen LogP contribution in [0.15, 0.2) is 48.5 Å². The molecule has 10 heteroatoms. The third kappa shape index (κ3) is 8.58. The molecule has 0 spiro atoms. The van der Waals surface area contributed by atoms with Gasteiger partial charge in [0, 0.05) is 25.0 Å². The van der Waals surface area contributed by atoms with Crippen LogP contribution in [0, 0.1) is 11.6 Å². The lowest BCUT2D eigenvalue weighted by Crippen LogP contribution is -2.53. The minimum atomic E-state index is -3.80. The smallest absolute Gasteiger partial charge is 0.243 e. The Kier molecular flexibility index (Phi) is 9.98. The number of anilines is 1. The van der Waals surface area contributed by atoms with E-state index < -0.39 is 33.2 Å². The van der Waals surface area contributed by atoms with Crippen molar-refractivity contribution in [2.24, 2.45) is 0 Å². The Labute approximate surface area is 212 Å². The molecule has 2 amide bonds. The third-order valence-electron chi connectivity index (χ3n) is 5.42. The number of sulfonamides is 1. The van der Waals surface area contributed by atoms with Crippen LogP contribution in [0.2, 0.25) is 0 Å². The normalized spacial score (nSPS) is 12.6. The second kappa shape index (κ2) is 12.3. The van der Waals surface area contributed by atoms with Crippen LogP contribution < -0.4 is 9.62 Å². The van der Waals surface area contributed by atoms with Gasteiger partial charge in [0.2, 0.25) is 21.8 Å². The molecule has 2 rings (SSSR count). The summed E-state index contributed by atoms with van der Waals surface area (Å²) < 4.78 is 53.3. The van der Waals surface area contributed by atoms with Crippen molar-refractivity contribution in [3.05, 3.63) is 65.7 Å². The molecule has 0 fully saturated rings. The number of para-hydroxylation sites is 1. The maximum atomic E-state index is 14.3. The number of carbonyl (C=O) groups excluding carboxylic acids is 2. The minimum Gasteiger partial charge on any atom is -0.350 e. The van der Waals surface area contributed by atoms with E-state index in [1.807, 2.05) is 20.8 Å². The first-order valence-corrected chi connectivity index (χ1v) is 13.7. The number of rotatable bonds is 11. The van der Waals surface area contributed by atoms with Gasteiger partial charge in [-0.3, -0.25) is 13.9 Å². The molecule has 2 aromatic rings. The number of halogens is 2. The van der Waals surface area contributed by atoms with E-state index in [-0.39, 0.29) is 43.4 Å². The first kappa shape index (κ1) is 29.2. The van der Waals surface area contributed by atoms with E-state index in [2.05, 4.69) is 5.32 Å². The molecule has 2 aromatic carbocycles. The first-order chi connectivity index (χ1) is 16.7. The Bertz CT molecular complexity index is 1150. The maximum absolute atomic E-state index is 14.3. The summed E-state index contributed by atoms with van der Waals surface area (Å²) in [6.45, 7) is 7.28. The molecule has 0 saturated carbocycles. The largest absolute Gasteiger partial charge is 0.350 e. The highest BCUT2D eigenvalue weighted by molar-refractivity contribution is 7.92. The Balaban J connectivity index is 2.24. The molecule has 198 valence electrons. The number of benzene rings is 2. The fourth-order valence-corrected chi connectivity index (χ4v) is 4.76. The van der Waals surface area contributed by atoms with E-state index in [0.29, 0.717) is 12.0 Å². The summed E-state index contributed by atoms with van der Waals surface area (Å²) >= 11 is 0. The second-order valence-electron chi connectivity index (χ2n) is 9.70. The van der Waals surface area contributed by atoms with Crippen LogP contribution in [0.3, 0.4) is 0 Å². The van der Waals surface area contributed by atoms with Crippen molar-refractivity contribution in [2.75, 3.05) is 17.1 Å². The van der Waals surface area contributed by atoms with E-state index in [0.717, 1.165) is 10.6 Å². The number of hydrogen-bond donors (Lipinski definition) is 1. The quantitative estimate of drug-likeness (QED) is 0.478. The van der Waals surface area contributed by atoms with Crippen molar-refractivity contribution in [3.63, 3.8) is 0 Å². The summed E-state index contributed by atoms with van der Waals surface area (Å²) in [7, 11) is -3.80. The van der Waals surface area contributed by atoms with Gasteiger partial charge in [-0.1, -0.05) is 31.2 Å². The van der Waals surface area contributed by atoms with Crippen LogP contribution in [-0.2, 0) is 26.2 Å². The number of nitrogens with zero attached hydrogens (tertiary/aromatic N) is 2. The first-order valence-electron chi connectivity index (χ1n) is 11.8. The Morgan fingerprint density at radius 2 is 1.64 bits per heavy atom. The van der Waals surface area contributed by atoms with Crippen LogP contribution in [0.25, 0.3) is 0 Å². The van der Waals surface area contributed by atoms with Gasteiger partial charge in [0.1, 0.15) is 17.7 Å². The average Bonchev–Trinajstić information content (AvgIpc) is 2.76. The van der Waals surface area contributed by atoms with Crippen LogP contribution in [0.1, 0.15) is 52.5 Å². The summed E-state index contributed by atoms with van der Waals surface area (Å²) in [6.07, 6.45) is 1.37. The third-order valence-corrected chi connectivity index (χ3v) is 6.60. The molecule has 0 aliphatic carbocycles. The fraction of sp³-hybridized carbons (Fsp3) is 0.462. The predicted octanol–water partition coefficient (Wildman–Crippen LogP) is 4.23. The van der Waals surface area contributed by atoms with Gasteiger partial charge in [-0.25, -0.2) is 17.2 Å². The molecule has 0 saturated heterocycles. The lowest BCUT2D eigenvalue weighted by molar-refractivity contribution is -0.142. The summed E-state index contributed by atoms with van der Waals surface area (Å²) in [4.78, 5) is 27.8. The Morgan fingerprint density at radius 3 is 2.17 bits per heavy atom. The van der Waals surface area contributed by atoms with Gasteiger partial charge in [-0.05, 0) is 63.4 Å². The van der Waals surface area contributed by atoms with Crippen LogP contribution in [-0.4, -0.2) is 49.5 Å². The van der Waals surface area contributed by atoms with E-state index in [4.69, 9.17) is 0 Å². The van der Waals surface area contributed by atoms with Gasteiger partial charge in [-0.2, -0.15) is 0 Å². The molecule has 1 atom stereocenters. The standard InChI is InChI=1S/C26H35F2N3O4S/c1-6-22(25(33)29-26(2,3)4)30(18-19-13-15-20(27)16-14-19)24(32)12-9-17-31(36(5,34)35)23-11-8-7-10-21(23)28/h7-8,10-11,13-16,22H,6,9,12,17-18H2,1-5H3,(H,29,33)/t22-/m1/s1. The molecule has 0 bridgehead atoms. The molecule has 0 unspecified atom stereocenters. The fourth-order valence-electron chi connectivity index (χ4n) is 3.80. The number of carbonyl (C=O) groups is 2. The Hall–Kier alpha value is -3.01. The molecule has 1 N–H and O–H groups in total. The van der Waals surface area contributed by atoms with Crippen molar-refractivity contribution in [1.29, 1.82) is 0 Å². The van der Waals surface area contributed by atoms with Gasteiger partial charge < -0.3 is 10.2 Å². The molecule has 36 heavy (non-hydrogen) atoms. The zero-order chi connectivity index (χ0) is 27.1. The molecular weight excluding hydrogens is 488 g/mol. The molecule has 0 aliphatic rings. The van der Waals surface area contributed by atoms with E-state index >= 15 is 0 Å². The van der Waals surface area contributed by atoms with Crippen LogP contribution >= 0.6 is 0 Å². The zero-order valence-corrected chi connectivity index (χ0v) is 22.2.